The number of nitrogens with one attached hydrogen (secondary N) is 2. The molecule has 0 unspecified atom stereocenters. The van der Waals surface area contributed by atoms with Crippen LogP contribution in [-0.4, -0.2) is 37.7 Å². The number of fused-ring (bicyclic) bond motifs is 2. The Morgan fingerprint density at radius 1 is 1.29 bits per heavy atom. The molecule has 1 aliphatic rings. The first-order valence-corrected chi connectivity index (χ1v) is 10.7. The van der Waals surface area contributed by atoms with Gasteiger partial charge >= 0.3 is 0 Å². The predicted molar refractivity (Wildman–Crippen MR) is 116 cm³/mol. The topological polar surface area (TPSA) is 115 Å². The standard InChI is InChI=1S/C21H20N6O3S/c1-11-16-20(24-15-4-3-9-27(15)21(16)29)31-17(11)19(28)22-10-14-23-18(26-25-14)12-5-7-13(30-2)8-6-12/h5-8H,3-4,9-10H2,1-2H3,(H,22,28)(H,23,25,26). The molecule has 158 valence electrons. The quantitative estimate of drug-likeness (QED) is 0.497. The van der Waals surface area contributed by atoms with Gasteiger partial charge in [0.15, 0.2) is 5.82 Å². The summed E-state index contributed by atoms with van der Waals surface area (Å²) in [5.41, 5.74) is 1.47. The summed E-state index contributed by atoms with van der Waals surface area (Å²) in [5, 5.41) is 10.5. The number of carbonyl (C=O) groups is 1. The van der Waals surface area contributed by atoms with Crippen LogP contribution in [0.1, 0.15) is 33.3 Å². The van der Waals surface area contributed by atoms with E-state index in [1.807, 2.05) is 24.3 Å². The highest BCUT2D eigenvalue weighted by molar-refractivity contribution is 7.20. The van der Waals surface area contributed by atoms with Crippen molar-refractivity contribution < 1.29 is 9.53 Å². The van der Waals surface area contributed by atoms with Crippen LogP contribution in [0.4, 0.5) is 0 Å². The number of hydrogen-bond donors (Lipinski definition) is 2. The zero-order chi connectivity index (χ0) is 21.5. The first-order chi connectivity index (χ1) is 15.0. The summed E-state index contributed by atoms with van der Waals surface area (Å²) in [6.07, 6.45) is 1.73. The zero-order valence-corrected chi connectivity index (χ0v) is 17.9. The fraction of sp³-hybridized carbons (Fsp3) is 0.286. The van der Waals surface area contributed by atoms with E-state index in [1.54, 1.807) is 18.6 Å². The van der Waals surface area contributed by atoms with Crippen LogP contribution < -0.4 is 15.6 Å². The van der Waals surface area contributed by atoms with Crippen LogP contribution in [0, 0.1) is 6.92 Å². The van der Waals surface area contributed by atoms with Gasteiger partial charge in [-0.3, -0.25) is 19.3 Å². The average molecular weight is 436 g/mol. The first kappa shape index (κ1) is 19.4. The SMILES string of the molecule is COc1ccc(-c2n[nH]c(CNC(=O)c3sc4nc5n(c(=O)c4c3C)CCC5)n2)cc1. The molecule has 9 nitrogen and oxygen atoms in total. The van der Waals surface area contributed by atoms with Crippen molar-refractivity contribution in [2.24, 2.45) is 0 Å². The molecular formula is C21H20N6O3S. The summed E-state index contributed by atoms with van der Waals surface area (Å²) in [6.45, 7) is 2.68. The summed E-state index contributed by atoms with van der Waals surface area (Å²) >= 11 is 1.26. The van der Waals surface area contributed by atoms with Crippen LogP contribution in [0.2, 0.25) is 0 Å². The number of hydrogen-bond acceptors (Lipinski definition) is 7. The summed E-state index contributed by atoms with van der Waals surface area (Å²) in [6, 6.07) is 7.41. The lowest BCUT2D eigenvalue weighted by atomic mass is 10.2. The number of aromatic nitrogens is 5. The molecule has 10 heteroatoms. The number of aryl methyl sites for hydroxylation is 2. The molecule has 0 spiro atoms. The average Bonchev–Trinajstić information content (AvgIpc) is 3.51. The van der Waals surface area contributed by atoms with Gasteiger partial charge in [-0.05, 0) is 43.2 Å². The third kappa shape index (κ3) is 3.38. The molecule has 0 fully saturated rings. The molecule has 0 bridgehead atoms. The molecule has 4 heterocycles. The zero-order valence-electron chi connectivity index (χ0n) is 17.1. The highest BCUT2D eigenvalue weighted by Crippen LogP contribution is 2.28. The van der Waals surface area contributed by atoms with E-state index in [4.69, 9.17) is 4.74 Å². The lowest BCUT2D eigenvalue weighted by molar-refractivity contribution is 0.0953. The van der Waals surface area contributed by atoms with Crippen LogP contribution in [0.15, 0.2) is 29.1 Å². The number of thiophene rings is 1. The number of carbonyl (C=O) groups excluding carboxylic acids is 1. The van der Waals surface area contributed by atoms with E-state index in [-0.39, 0.29) is 18.0 Å². The monoisotopic (exact) mass is 436 g/mol. The van der Waals surface area contributed by atoms with Gasteiger partial charge in [-0.2, -0.15) is 5.10 Å². The molecule has 0 saturated carbocycles. The van der Waals surface area contributed by atoms with Crippen molar-refractivity contribution in [1.82, 2.24) is 30.0 Å². The Bertz CT molecular complexity index is 1350. The van der Waals surface area contributed by atoms with Gasteiger partial charge in [-0.15, -0.1) is 11.3 Å². The van der Waals surface area contributed by atoms with E-state index < -0.39 is 0 Å². The van der Waals surface area contributed by atoms with Gasteiger partial charge in [0.05, 0.1) is 23.9 Å². The third-order valence-corrected chi connectivity index (χ3v) is 6.60. The molecule has 3 aromatic heterocycles. The Morgan fingerprint density at radius 3 is 2.87 bits per heavy atom. The summed E-state index contributed by atoms with van der Waals surface area (Å²) in [7, 11) is 1.61. The van der Waals surface area contributed by atoms with Crippen LogP contribution in [0.5, 0.6) is 5.75 Å². The highest BCUT2D eigenvalue weighted by atomic mass is 32.1. The molecule has 31 heavy (non-hydrogen) atoms. The number of H-pyrrole nitrogens is 1. The number of rotatable bonds is 5. The van der Waals surface area contributed by atoms with Crippen molar-refractivity contribution in [2.75, 3.05) is 7.11 Å². The molecule has 0 atom stereocenters. The maximum atomic E-state index is 12.8. The van der Waals surface area contributed by atoms with Gasteiger partial charge in [-0.25, -0.2) is 9.97 Å². The molecule has 0 radical (unpaired) electrons. The van der Waals surface area contributed by atoms with Crippen molar-refractivity contribution in [1.29, 1.82) is 0 Å². The predicted octanol–water partition coefficient (Wildman–Crippen LogP) is 2.44. The molecule has 1 amide bonds. The molecule has 2 N–H and O–H groups in total. The molecule has 1 aromatic carbocycles. The normalized spacial score (nSPS) is 12.8. The van der Waals surface area contributed by atoms with Gasteiger partial charge in [0.2, 0.25) is 0 Å². The molecule has 4 aromatic rings. The van der Waals surface area contributed by atoms with Crippen molar-refractivity contribution in [3.63, 3.8) is 0 Å². The minimum atomic E-state index is -0.257. The van der Waals surface area contributed by atoms with E-state index in [9.17, 15) is 9.59 Å². The van der Waals surface area contributed by atoms with Gasteiger partial charge in [0, 0.05) is 18.5 Å². The van der Waals surface area contributed by atoms with Crippen molar-refractivity contribution in [3.05, 3.63) is 56.7 Å². The number of nitrogens with zero attached hydrogens (tertiary/aromatic N) is 4. The largest absolute Gasteiger partial charge is 0.497 e. The highest BCUT2D eigenvalue weighted by Gasteiger charge is 2.23. The maximum absolute atomic E-state index is 12.8. The summed E-state index contributed by atoms with van der Waals surface area (Å²) in [4.78, 5) is 35.8. The molecule has 0 aliphatic carbocycles. The van der Waals surface area contributed by atoms with Crippen molar-refractivity contribution in [2.45, 2.75) is 32.9 Å². The Labute approximate surface area is 181 Å². The van der Waals surface area contributed by atoms with E-state index >= 15 is 0 Å². The van der Waals surface area contributed by atoms with Gasteiger partial charge in [0.1, 0.15) is 22.2 Å². The van der Waals surface area contributed by atoms with E-state index in [1.165, 1.54) is 11.3 Å². The third-order valence-electron chi connectivity index (χ3n) is 5.41. The number of methoxy groups -OCH3 is 1. The fourth-order valence-corrected chi connectivity index (χ4v) is 4.89. The number of benzene rings is 1. The molecule has 0 saturated heterocycles. The van der Waals surface area contributed by atoms with E-state index in [0.717, 1.165) is 30.0 Å². The van der Waals surface area contributed by atoms with Crippen LogP contribution in [-0.2, 0) is 19.5 Å². The second kappa shape index (κ2) is 7.62. The Balaban J connectivity index is 1.34. The number of amides is 1. The second-order valence-electron chi connectivity index (χ2n) is 7.34. The molecular weight excluding hydrogens is 416 g/mol. The number of aromatic amines is 1. The Morgan fingerprint density at radius 2 is 2.10 bits per heavy atom. The Kier molecular flexibility index (Phi) is 4.78. The smallest absolute Gasteiger partial charge is 0.262 e. The molecule has 5 rings (SSSR count). The number of ether oxygens (including phenoxy) is 1. The Hall–Kier alpha value is -3.53. The van der Waals surface area contributed by atoms with Gasteiger partial charge < -0.3 is 10.1 Å². The first-order valence-electron chi connectivity index (χ1n) is 9.92. The minimum Gasteiger partial charge on any atom is -0.497 e. The van der Waals surface area contributed by atoms with Crippen LogP contribution >= 0.6 is 11.3 Å². The fourth-order valence-electron chi connectivity index (χ4n) is 3.78. The van der Waals surface area contributed by atoms with Crippen molar-refractivity contribution >= 4 is 27.5 Å². The van der Waals surface area contributed by atoms with Crippen LogP contribution in [0.25, 0.3) is 21.6 Å². The van der Waals surface area contributed by atoms with E-state index in [2.05, 4.69) is 25.5 Å². The summed E-state index contributed by atoms with van der Waals surface area (Å²) in [5.74, 6) is 2.38. The van der Waals surface area contributed by atoms with Gasteiger partial charge in [0.25, 0.3) is 11.5 Å². The van der Waals surface area contributed by atoms with Gasteiger partial charge in [-0.1, -0.05) is 0 Å². The van der Waals surface area contributed by atoms with E-state index in [0.29, 0.717) is 38.9 Å². The maximum Gasteiger partial charge on any atom is 0.262 e. The molecule has 1 aliphatic heterocycles. The van der Waals surface area contributed by atoms with Crippen molar-refractivity contribution in [3.8, 4) is 17.1 Å². The minimum absolute atomic E-state index is 0.0512. The summed E-state index contributed by atoms with van der Waals surface area (Å²) < 4.78 is 6.88. The lowest BCUT2D eigenvalue weighted by Crippen LogP contribution is -2.23. The van der Waals surface area contributed by atoms with Crippen LogP contribution in [0.3, 0.4) is 0 Å². The second-order valence-corrected chi connectivity index (χ2v) is 8.34. The lowest BCUT2D eigenvalue weighted by Gasteiger charge is -2.02.